The molecule has 0 aliphatic rings. The van der Waals surface area contributed by atoms with Gasteiger partial charge in [0.25, 0.3) is 0 Å². The van der Waals surface area contributed by atoms with Gasteiger partial charge in [-0.25, -0.2) is 0 Å². The lowest BCUT2D eigenvalue weighted by atomic mass is 10.0. The van der Waals surface area contributed by atoms with Gasteiger partial charge in [0, 0.05) is 26.8 Å². The minimum Gasteiger partial charge on any atom is -0.394 e. The van der Waals surface area contributed by atoms with Crippen molar-refractivity contribution in [3.8, 4) is 0 Å². The Bertz CT molecular complexity index is 138. The third-order valence-electron chi connectivity index (χ3n) is 2.46. The number of likely N-dealkylation sites (N-methyl/N-ethyl adjacent to an activating group) is 2. The summed E-state index contributed by atoms with van der Waals surface area (Å²) < 4.78 is 4.98. The number of nitrogens with one attached hydrogen (secondary N) is 1. The summed E-state index contributed by atoms with van der Waals surface area (Å²) in [6.07, 6.45) is 1.03. The average Bonchev–Trinajstić information content (AvgIpc) is 2.18. The molecule has 0 fully saturated rings. The second-order valence-electron chi connectivity index (χ2n) is 4.05. The molecule has 86 valence electrons. The molecule has 0 aromatic rings. The summed E-state index contributed by atoms with van der Waals surface area (Å²) in [5.74, 6) is 0. The van der Waals surface area contributed by atoms with E-state index in [4.69, 9.17) is 4.74 Å². The van der Waals surface area contributed by atoms with Crippen molar-refractivity contribution in [2.75, 3.05) is 47.5 Å². The number of nitrogens with zero attached hydrogens (tertiary/aromatic N) is 1. The number of aliphatic hydroxyl groups excluding tert-OH is 1. The van der Waals surface area contributed by atoms with E-state index >= 15 is 0 Å². The SMILES string of the molecule is CNC(C)(CO)CN(C)CCCOC. The number of ether oxygens (including phenoxy) is 1. The summed E-state index contributed by atoms with van der Waals surface area (Å²) in [5, 5.41) is 12.3. The van der Waals surface area contributed by atoms with Gasteiger partial charge in [-0.1, -0.05) is 0 Å². The lowest BCUT2D eigenvalue weighted by Crippen LogP contribution is -2.51. The van der Waals surface area contributed by atoms with Gasteiger partial charge in [0.15, 0.2) is 0 Å². The van der Waals surface area contributed by atoms with Gasteiger partial charge in [-0.2, -0.15) is 0 Å². The molecule has 0 aliphatic carbocycles. The first-order chi connectivity index (χ1) is 6.58. The molecule has 0 aromatic heterocycles. The predicted octanol–water partition coefficient (Wildman–Crippen LogP) is -0.0749. The topological polar surface area (TPSA) is 44.7 Å². The predicted molar refractivity (Wildman–Crippen MR) is 58.5 cm³/mol. The molecule has 0 radical (unpaired) electrons. The van der Waals surface area contributed by atoms with E-state index in [1.54, 1.807) is 7.11 Å². The van der Waals surface area contributed by atoms with Crippen LogP contribution in [0.4, 0.5) is 0 Å². The Morgan fingerprint density at radius 3 is 2.57 bits per heavy atom. The van der Waals surface area contributed by atoms with Crippen molar-refractivity contribution in [3.05, 3.63) is 0 Å². The van der Waals surface area contributed by atoms with Gasteiger partial charge in [0.1, 0.15) is 0 Å². The van der Waals surface area contributed by atoms with Crippen LogP contribution < -0.4 is 5.32 Å². The molecule has 0 saturated heterocycles. The van der Waals surface area contributed by atoms with Gasteiger partial charge < -0.3 is 20.1 Å². The van der Waals surface area contributed by atoms with Gasteiger partial charge in [-0.15, -0.1) is 0 Å². The van der Waals surface area contributed by atoms with Crippen molar-refractivity contribution in [3.63, 3.8) is 0 Å². The molecule has 14 heavy (non-hydrogen) atoms. The van der Waals surface area contributed by atoms with E-state index in [2.05, 4.69) is 17.3 Å². The van der Waals surface area contributed by atoms with E-state index in [0.717, 1.165) is 26.1 Å². The minimum absolute atomic E-state index is 0.151. The molecule has 0 aromatic carbocycles. The number of aliphatic hydroxyl groups is 1. The third-order valence-corrected chi connectivity index (χ3v) is 2.46. The molecule has 0 spiro atoms. The normalized spacial score (nSPS) is 15.9. The standard InChI is InChI=1S/C10H24N2O2/c1-10(9-13,11-2)8-12(3)6-5-7-14-4/h11,13H,5-9H2,1-4H3. The van der Waals surface area contributed by atoms with Crippen molar-refractivity contribution in [1.82, 2.24) is 10.2 Å². The van der Waals surface area contributed by atoms with Crippen molar-refractivity contribution < 1.29 is 9.84 Å². The fourth-order valence-corrected chi connectivity index (χ4v) is 1.36. The lowest BCUT2D eigenvalue weighted by molar-refractivity contribution is 0.128. The molecule has 2 N–H and O–H groups in total. The first kappa shape index (κ1) is 13.8. The van der Waals surface area contributed by atoms with Crippen molar-refractivity contribution in [2.45, 2.75) is 18.9 Å². The molecule has 1 atom stereocenters. The van der Waals surface area contributed by atoms with Crippen LogP contribution in [0.25, 0.3) is 0 Å². The first-order valence-electron chi connectivity index (χ1n) is 5.05. The molecule has 4 nitrogen and oxygen atoms in total. The van der Waals surface area contributed by atoms with Crippen LogP contribution in [0.2, 0.25) is 0 Å². The van der Waals surface area contributed by atoms with Crippen LogP contribution in [0.15, 0.2) is 0 Å². The van der Waals surface area contributed by atoms with Crippen LogP contribution in [0.1, 0.15) is 13.3 Å². The van der Waals surface area contributed by atoms with Gasteiger partial charge in [0.05, 0.1) is 12.1 Å². The Labute approximate surface area is 87.2 Å². The molecule has 0 rings (SSSR count). The second kappa shape index (κ2) is 7.17. The van der Waals surface area contributed by atoms with Crippen LogP contribution in [-0.2, 0) is 4.74 Å². The van der Waals surface area contributed by atoms with E-state index in [1.165, 1.54) is 0 Å². The third kappa shape index (κ3) is 5.54. The monoisotopic (exact) mass is 204 g/mol. The summed E-state index contributed by atoms with van der Waals surface area (Å²) in [7, 11) is 5.64. The smallest absolute Gasteiger partial charge is 0.0623 e. The van der Waals surface area contributed by atoms with E-state index in [0.29, 0.717) is 0 Å². The maximum absolute atomic E-state index is 9.19. The lowest BCUT2D eigenvalue weighted by Gasteiger charge is -2.31. The van der Waals surface area contributed by atoms with E-state index in [1.807, 2.05) is 14.0 Å². The van der Waals surface area contributed by atoms with E-state index in [-0.39, 0.29) is 12.1 Å². The quantitative estimate of drug-likeness (QED) is 0.543. The molecule has 1 unspecified atom stereocenters. The fraction of sp³-hybridized carbons (Fsp3) is 1.00. The highest BCUT2D eigenvalue weighted by atomic mass is 16.5. The van der Waals surface area contributed by atoms with E-state index < -0.39 is 0 Å². The average molecular weight is 204 g/mol. The fourth-order valence-electron chi connectivity index (χ4n) is 1.36. The molecule has 4 heteroatoms. The van der Waals surface area contributed by atoms with Gasteiger partial charge in [-0.05, 0) is 27.4 Å². The van der Waals surface area contributed by atoms with Gasteiger partial charge in [0.2, 0.25) is 0 Å². The van der Waals surface area contributed by atoms with Crippen molar-refractivity contribution in [2.24, 2.45) is 0 Å². The Hall–Kier alpha value is -0.160. The summed E-state index contributed by atoms with van der Waals surface area (Å²) >= 11 is 0. The second-order valence-corrected chi connectivity index (χ2v) is 4.05. The van der Waals surface area contributed by atoms with Crippen LogP contribution in [0.5, 0.6) is 0 Å². The zero-order chi connectivity index (χ0) is 11.0. The molecule has 0 saturated carbocycles. The van der Waals surface area contributed by atoms with Crippen LogP contribution in [0.3, 0.4) is 0 Å². The van der Waals surface area contributed by atoms with Crippen LogP contribution >= 0.6 is 0 Å². The number of methoxy groups -OCH3 is 1. The Kier molecular flexibility index (Phi) is 7.09. The summed E-state index contributed by atoms with van der Waals surface area (Å²) in [6, 6.07) is 0. The van der Waals surface area contributed by atoms with Crippen LogP contribution in [-0.4, -0.2) is 63.1 Å². The molecule has 0 heterocycles. The Balaban J connectivity index is 3.73. The van der Waals surface area contributed by atoms with E-state index in [9.17, 15) is 5.11 Å². The molecular formula is C10H24N2O2. The summed E-state index contributed by atoms with van der Waals surface area (Å²) in [5.41, 5.74) is -0.207. The largest absolute Gasteiger partial charge is 0.394 e. The molecule has 0 amide bonds. The Morgan fingerprint density at radius 1 is 1.50 bits per heavy atom. The first-order valence-corrected chi connectivity index (χ1v) is 5.05. The number of hydrogen-bond acceptors (Lipinski definition) is 4. The summed E-state index contributed by atoms with van der Waals surface area (Å²) in [4.78, 5) is 2.20. The number of rotatable bonds is 8. The minimum atomic E-state index is -0.207. The Morgan fingerprint density at radius 2 is 2.14 bits per heavy atom. The highest BCUT2D eigenvalue weighted by Crippen LogP contribution is 2.04. The zero-order valence-corrected chi connectivity index (χ0v) is 9.84. The zero-order valence-electron chi connectivity index (χ0n) is 9.84. The maximum atomic E-state index is 9.19. The van der Waals surface area contributed by atoms with Crippen molar-refractivity contribution in [1.29, 1.82) is 0 Å². The van der Waals surface area contributed by atoms with Gasteiger partial charge >= 0.3 is 0 Å². The molecule has 0 bridgehead atoms. The highest BCUT2D eigenvalue weighted by Gasteiger charge is 2.22. The van der Waals surface area contributed by atoms with Gasteiger partial charge in [-0.3, -0.25) is 0 Å². The highest BCUT2D eigenvalue weighted by molar-refractivity contribution is 4.83. The number of hydrogen-bond donors (Lipinski definition) is 2. The van der Waals surface area contributed by atoms with Crippen molar-refractivity contribution >= 4 is 0 Å². The molecular weight excluding hydrogens is 180 g/mol. The maximum Gasteiger partial charge on any atom is 0.0623 e. The van der Waals surface area contributed by atoms with Crippen LogP contribution in [0, 0.1) is 0 Å². The molecule has 0 aliphatic heterocycles. The summed E-state index contributed by atoms with van der Waals surface area (Å²) in [6.45, 7) is 4.78.